The van der Waals surface area contributed by atoms with Gasteiger partial charge in [-0.15, -0.1) is 12.4 Å². The van der Waals surface area contributed by atoms with Crippen LogP contribution in [-0.4, -0.2) is 22.2 Å². The first-order valence-electron chi connectivity index (χ1n) is 5.79. The Hall–Kier alpha value is -1.07. The molecule has 1 aromatic heterocycles. The molecule has 1 rings (SSSR count). The number of halogens is 1. The number of carbonyl (C=O) groups excluding carboxylic acids is 1. The van der Waals surface area contributed by atoms with Crippen LogP contribution in [0.1, 0.15) is 32.6 Å². The number of hydrogen-bond donors (Lipinski definition) is 2. The summed E-state index contributed by atoms with van der Waals surface area (Å²) >= 11 is 0. The molecule has 5 nitrogen and oxygen atoms in total. The number of amides is 1. The number of hydrogen-bond acceptors (Lipinski definition) is 3. The van der Waals surface area contributed by atoms with Crippen LogP contribution in [0.5, 0.6) is 0 Å². The number of unbranched alkanes of at least 4 members (excludes halogenated alkanes) is 1. The number of anilines is 1. The maximum atomic E-state index is 11.5. The van der Waals surface area contributed by atoms with E-state index in [4.69, 9.17) is 5.73 Å². The third kappa shape index (κ3) is 5.70. The molecule has 0 aliphatic heterocycles. The normalized spacial score (nSPS) is 9.76. The minimum Gasteiger partial charge on any atom is -0.330 e. The molecule has 0 atom stereocenters. The lowest BCUT2D eigenvalue weighted by molar-refractivity contribution is -0.116. The van der Waals surface area contributed by atoms with Gasteiger partial charge in [0.25, 0.3) is 0 Å². The van der Waals surface area contributed by atoms with Gasteiger partial charge in [0.05, 0.1) is 6.20 Å². The average molecular weight is 261 g/mol. The van der Waals surface area contributed by atoms with Gasteiger partial charge in [0.2, 0.25) is 5.91 Å². The van der Waals surface area contributed by atoms with Crippen LogP contribution in [0.15, 0.2) is 12.3 Å². The second kappa shape index (κ2) is 9.01. The van der Waals surface area contributed by atoms with Crippen LogP contribution in [0.25, 0.3) is 0 Å². The molecule has 0 spiro atoms. The summed E-state index contributed by atoms with van der Waals surface area (Å²) in [7, 11) is 0. The minimum atomic E-state index is 0. The first kappa shape index (κ1) is 15.9. The zero-order chi connectivity index (χ0) is 11.8. The van der Waals surface area contributed by atoms with Gasteiger partial charge in [0.1, 0.15) is 5.82 Å². The summed E-state index contributed by atoms with van der Waals surface area (Å²) in [5, 5.41) is 7.00. The maximum absolute atomic E-state index is 11.5. The van der Waals surface area contributed by atoms with E-state index in [-0.39, 0.29) is 18.3 Å². The highest BCUT2D eigenvalue weighted by molar-refractivity contribution is 5.89. The number of carbonyl (C=O) groups is 1. The Bertz CT molecular complexity index is 327. The van der Waals surface area contributed by atoms with Crippen molar-refractivity contribution in [2.24, 2.45) is 5.73 Å². The SMILES string of the molecule is CCCCn1nccc1NC(=O)CCCN.Cl. The Morgan fingerprint density at radius 1 is 1.53 bits per heavy atom. The van der Waals surface area contributed by atoms with E-state index in [9.17, 15) is 4.79 Å². The molecule has 0 saturated carbocycles. The van der Waals surface area contributed by atoms with Crippen molar-refractivity contribution < 1.29 is 4.79 Å². The number of aromatic nitrogens is 2. The molecule has 0 aromatic carbocycles. The second-order valence-corrected chi connectivity index (χ2v) is 3.73. The van der Waals surface area contributed by atoms with Crippen LogP contribution in [0.3, 0.4) is 0 Å². The molecule has 98 valence electrons. The number of nitrogens with one attached hydrogen (secondary N) is 1. The van der Waals surface area contributed by atoms with Gasteiger partial charge < -0.3 is 11.1 Å². The van der Waals surface area contributed by atoms with E-state index >= 15 is 0 Å². The maximum Gasteiger partial charge on any atom is 0.225 e. The first-order chi connectivity index (χ1) is 7.77. The summed E-state index contributed by atoms with van der Waals surface area (Å²) in [4.78, 5) is 11.5. The predicted molar refractivity (Wildman–Crippen MR) is 71.3 cm³/mol. The average Bonchev–Trinajstić information content (AvgIpc) is 2.71. The number of aryl methyl sites for hydroxylation is 1. The molecular weight excluding hydrogens is 240 g/mol. The van der Waals surface area contributed by atoms with Gasteiger partial charge in [-0.05, 0) is 19.4 Å². The van der Waals surface area contributed by atoms with E-state index in [0.717, 1.165) is 31.6 Å². The Morgan fingerprint density at radius 2 is 2.29 bits per heavy atom. The lowest BCUT2D eigenvalue weighted by atomic mass is 10.3. The van der Waals surface area contributed by atoms with Gasteiger partial charge in [-0.2, -0.15) is 5.10 Å². The van der Waals surface area contributed by atoms with Crippen molar-refractivity contribution in [3.8, 4) is 0 Å². The fourth-order valence-corrected chi connectivity index (χ4v) is 1.39. The number of rotatable bonds is 7. The quantitative estimate of drug-likeness (QED) is 0.785. The first-order valence-corrected chi connectivity index (χ1v) is 5.79. The van der Waals surface area contributed by atoms with Gasteiger partial charge in [0, 0.05) is 19.0 Å². The molecular formula is C11H21ClN4O. The molecule has 0 bridgehead atoms. The summed E-state index contributed by atoms with van der Waals surface area (Å²) in [5.74, 6) is 0.777. The monoisotopic (exact) mass is 260 g/mol. The molecule has 0 aliphatic rings. The predicted octanol–water partition coefficient (Wildman–Crippen LogP) is 1.78. The second-order valence-electron chi connectivity index (χ2n) is 3.73. The molecule has 17 heavy (non-hydrogen) atoms. The molecule has 1 amide bonds. The number of nitrogens with two attached hydrogens (primary N) is 1. The van der Waals surface area contributed by atoms with E-state index < -0.39 is 0 Å². The standard InChI is InChI=1S/C11H20N4O.ClH/c1-2-3-9-15-10(6-8-13-15)14-11(16)5-4-7-12;/h6,8H,2-5,7,9,12H2,1H3,(H,14,16);1H. The van der Waals surface area contributed by atoms with Crippen LogP contribution < -0.4 is 11.1 Å². The Labute approximate surface area is 108 Å². The van der Waals surface area contributed by atoms with Crippen molar-refractivity contribution in [2.75, 3.05) is 11.9 Å². The van der Waals surface area contributed by atoms with Gasteiger partial charge >= 0.3 is 0 Å². The van der Waals surface area contributed by atoms with Gasteiger partial charge in [0.15, 0.2) is 0 Å². The van der Waals surface area contributed by atoms with Crippen LogP contribution in [-0.2, 0) is 11.3 Å². The van der Waals surface area contributed by atoms with E-state index in [1.165, 1.54) is 0 Å². The third-order valence-electron chi connectivity index (χ3n) is 2.32. The van der Waals surface area contributed by atoms with E-state index in [2.05, 4.69) is 17.3 Å². The van der Waals surface area contributed by atoms with Gasteiger partial charge in [-0.1, -0.05) is 13.3 Å². The van der Waals surface area contributed by atoms with Crippen molar-refractivity contribution in [3.05, 3.63) is 12.3 Å². The highest BCUT2D eigenvalue weighted by atomic mass is 35.5. The fourth-order valence-electron chi connectivity index (χ4n) is 1.39. The lowest BCUT2D eigenvalue weighted by Crippen LogP contribution is -2.16. The van der Waals surface area contributed by atoms with Gasteiger partial charge in [-0.25, -0.2) is 4.68 Å². The van der Waals surface area contributed by atoms with Crippen molar-refractivity contribution in [1.82, 2.24) is 9.78 Å². The van der Waals surface area contributed by atoms with Crippen molar-refractivity contribution in [3.63, 3.8) is 0 Å². The van der Waals surface area contributed by atoms with Crippen LogP contribution in [0.2, 0.25) is 0 Å². The van der Waals surface area contributed by atoms with Crippen LogP contribution in [0.4, 0.5) is 5.82 Å². The molecule has 0 aliphatic carbocycles. The van der Waals surface area contributed by atoms with Crippen LogP contribution >= 0.6 is 12.4 Å². The van der Waals surface area contributed by atoms with Crippen molar-refractivity contribution >= 4 is 24.1 Å². The molecule has 6 heteroatoms. The Kier molecular flexibility index (Phi) is 8.44. The topological polar surface area (TPSA) is 72.9 Å². The lowest BCUT2D eigenvalue weighted by Gasteiger charge is -2.07. The largest absolute Gasteiger partial charge is 0.330 e. The van der Waals surface area contributed by atoms with E-state index in [1.54, 1.807) is 6.20 Å². The molecule has 0 fully saturated rings. The molecule has 0 saturated heterocycles. The van der Waals surface area contributed by atoms with Crippen LogP contribution in [0, 0.1) is 0 Å². The molecule has 0 unspecified atom stereocenters. The van der Waals surface area contributed by atoms with E-state index in [0.29, 0.717) is 13.0 Å². The summed E-state index contributed by atoms with van der Waals surface area (Å²) < 4.78 is 1.82. The molecule has 1 heterocycles. The zero-order valence-corrected chi connectivity index (χ0v) is 11.0. The smallest absolute Gasteiger partial charge is 0.225 e. The van der Waals surface area contributed by atoms with Gasteiger partial charge in [-0.3, -0.25) is 4.79 Å². The van der Waals surface area contributed by atoms with E-state index in [1.807, 2.05) is 10.7 Å². The third-order valence-corrected chi connectivity index (χ3v) is 2.32. The highest BCUT2D eigenvalue weighted by Crippen LogP contribution is 2.08. The molecule has 3 N–H and O–H groups in total. The zero-order valence-electron chi connectivity index (χ0n) is 10.2. The summed E-state index contributed by atoms with van der Waals surface area (Å²) in [6, 6.07) is 1.82. The molecule has 0 radical (unpaired) electrons. The Morgan fingerprint density at radius 3 is 2.94 bits per heavy atom. The minimum absolute atomic E-state index is 0. The summed E-state index contributed by atoms with van der Waals surface area (Å²) in [6.07, 6.45) is 5.06. The Balaban J connectivity index is 0.00000256. The summed E-state index contributed by atoms with van der Waals surface area (Å²) in [5.41, 5.74) is 5.35. The summed E-state index contributed by atoms with van der Waals surface area (Å²) in [6.45, 7) is 3.52. The van der Waals surface area contributed by atoms with Crippen molar-refractivity contribution in [2.45, 2.75) is 39.2 Å². The number of nitrogens with zero attached hydrogens (tertiary/aromatic N) is 2. The fraction of sp³-hybridized carbons (Fsp3) is 0.636. The highest BCUT2D eigenvalue weighted by Gasteiger charge is 2.06. The molecule has 1 aromatic rings. The van der Waals surface area contributed by atoms with Crippen molar-refractivity contribution in [1.29, 1.82) is 0 Å².